The van der Waals surface area contributed by atoms with Crippen LogP contribution in [0, 0.1) is 17.0 Å². The van der Waals surface area contributed by atoms with Crippen LogP contribution >= 0.6 is 0 Å². The third-order valence-electron chi connectivity index (χ3n) is 3.90. The molecule has 0 atom stereocenters. The summed E-state index contributed by atoms with van der Waals surface area (Å²) < 4.78 is 17.3. The maximum atomic E-state index is 11.8. The number of nitro groups is 1. The number of hydrogen-bond acceptors (Lipinski definition) is 8. The average Bonchev–Trinajstić information content (AvgIpc) is 3.19. The van der Waals surface area contributed by atoms with Crippen LogP contribution in [0.2, 0.25) is 0 Å². The van der Waals surface area contributed by atoms with Gasteiger partial charge >= 0.3 is 17.5 Å². The molecule has 0 radical (unpaired) electrons. The summed E-state index contributed by atoms with van der Waals surface area (Å²) in [7, 11) is 0. The topological polar surface area (TPSA) is 121 Å². The number of carbonyl (C=O) groups is 1. The van der Waals surface area contributed by atoms with Gasteiger partial charge < -0.3 is 13.9 Å². The molecule has 2 heterocycles. The molecule has 0 saturated carbocycles. The number of hydrogen-bond donors (Lipinski definition) is 0. The summed E-state index contributed by atoms with van der Waals surface area (Å²) in [6.45, 7) is 2.43. The molecular formula is C19H19N4O6+. The van der Waals surface area contributed by atoms with Crippen molar-refractivity contribution < 1.29 is 28.3 Å². The van der Waals surface area contributed by atoms with Gasteiger partial charge in [0.1, 0.15) is 6.61 Å². The van der Waals surface area contributed by atoms with Crippen LogP contribution in [-0.2, 0) is 15.9 Å². The van der Waals surface area contributed by atoms with Crippen molar-refractivity contribution in [2.45, 2.75) is 13.3 Å². The lowest BCUT2D eigenvalue weighted by molar-refractivity contribution is -0.664. The Hall–Kier alpha value is -3.66. The molecule has 10 heteroatoms. The van der Waals surface area contributed by atoms with E-state index in [2.05, 4.69) is 10.1 Å². The van der Waals surface area contributed by atoms with Crippen LogP contribution in [0.25, 0.3) is 5.82 Å². The highest BCUT2D eigenvalue weighted by molar-refractivity contribution is 5.89. The number of ether oxygens (including phenoxy) is 2. The molecule has 0 aliphatic carbocycles. The summed E-state index contributed by atoms with van der Waals surface area (Å²) in [4.78, 5) is 26.1. The Kier molecular flexibility index (Phi) is 6.59. The monoisotopic (exact) mass is 399 g/mol. The maximum Gasteiger partial charge on any atom is 0.354 e. The van der Waals surface area contributed by atoms with Gasteiger partial charge in [0.25, 0.3) is 6.39 Å². The summed E-state index contributed by atoms with van der Waals surface area (Å²) in [6.07, 6.45) is 2.95. The quantitative estimate of drug-likeness (QED) is 0.176. The number of aromatic nitrogens is 3. The fourth-order valence-electron chi connectivity index (χ4n) is 2.49. The Morgan fingerprint density at radius 3 is 2.76 bits per heavy atom. The van der Waals surface area contributed by atoms with Gasteiger partial charge in [0, 0.05) is 6.07 Å². The number of esters is 1. The molecule has 3 rings (SSSR count). The lowest BCUT2D eigenvalue weighted by atomic mass is 10.2. The van der Waals surface area contributed by atoms with Crippen LogP contribution in [-0.4, -0.2) is 40.8 Å². The standard InChI is InChI=1S/C19H19N4O6/c1-14-11-16(23(25)26)12-20-18(14)22-13-29-17(21-22)7-8-27-9-10-28-19(24)15-5-3-2-4-6-15/h2-6,11-13H,7-10H2,1H3/q+1. The molecule has 3 aromatic rings. The molecule has 2 aromatic heterocycles. The number of aryl methyl sites for hydroxylation is 1. The van der Waals surface area contributed by atoms with Crippen molar-refractivity contribution in [3.63, 3.8) is 0 Å². The SMILES string of the molecule is Cc1cc([N+](=O)[O-])cnc1-[n+]1coc(CCOCCOC(=O)c2ccccc2)n1. The van der Waals surface area contributed by atoms with Gasteiger partial charge in [-0.3, -0.25) is 10.1 Å². The van der Waals surface area contributed by atoms with Crippen LogP contribution < -0.4 is 4.68 Å². The Balaban J connectivity index is 1.42. The van der Waals surface area contributed by atoms with Gasteiger partial charge in [0.2, 0.25) is 12.1 Å². The number of rotatable bonds is 9. The minimum Gasteiger partial charge on any atom is -0.460 e. The van der Waals surface area contributed by atoms with E-state index in [0.717, 1.165) is 0 Å². The predicted molar refractivity (Wildman–Crippen MR) is 98.5 cm³/mol. The molecule has 0 saturated heterocycles. The van der Waals surface area contributed by atoms with E-state index >= 15 is 0 Å². The van der Waals surface area contributed by atoms with E-state index in [-0.39, 0.29) is 18.9 Å². The Morgan fingerprint density at radius 1 is 1.24 bits per heavy atom. The van der Waals surface area contributed by atoms with Crippen LogP contribution in [0.3, 0.4) is 0 Å². The van der Waals surface area contributed by atoms with Gasteiger partial charge in [0.05, 0.1) is 35.7 Å². The van der Waals surface area contributed by atoms with Gasteiger partial charge in [-0.25, -0.2) is 4.79 Å². The minimum absolute atomic E-state index is 0.0862. The molecule has 0 unspecified atom stereocenters. The highest BCUT2D eigenvalue weighted by atomic mass is 16.6. The zero-order valence-corrected chi connectivity index (χ0v) is 15.7. The molecule has 150 valence electrons. The first kappa shape index (κ1) is 20.1. The van der Waals surface area contributed by atoms with Gasteiger partial charge in [0.15, 0.2) is 0 Å². The molecule has 0 fully saturated rings. The molecule has 0 spiro atoms. The van der Waals surface area contributed by atoms with Crippen molar-refractivity contribution in [3.05, 3.63) is 76.1 Å². The first-order valence-electron chi connectivity index (χ1n) is 8.82. The van der Waals surface area contributed by atoms with E-state index < -0.39 is 10.9 Å². The third kappa shape index (κ3) is 5.42. The zero-order chi connectivity index (χ0) is 20.6. The number of pyridine rings is 1. The fourth-order valence-corrected chi connectivity index (χ4v) is 2.49. The second kappa shape index (κ2) is 9.51. The summed E-state index contributed by atoms with van der Waals surface area (Å²) in [5.41, 5.74) is 1.00. The van der Waals surface area contributed by atoms with E-state index in [0.29, 0.717) is 35.9 Å². The van der Waals surface area contributed by atoms with Crippen molar-refractivity contribution in [2.75, 3.05) is 19.8 Å². The Bertz CT molecular complexity index is 989. The van der Waals surface area contributed by atoms with Crippen molar-refractivity contribution in [3.8, 4) is 5.82 Å². The maximum absolute atomic E-state index is 11.8. The highest BCUT2D eigenvalue weighted by Gasteiger charge is 2.21. The highest BCUT2D eigenvalue weighted by Crippen LogP contribution is 2.14. The van der Waals surface area contributed by atoms with E-state index in [1.807, 2.05) is 6.07 Å². The van der Waals surface area contributed by atoms with Gasteiger partial charge in [-0.2, -0.15) is 0 Å². The van der Waals surface area contributed by atoms with E-state index in [9.17, 15) is 14.9 Å². The van der Waals surface area contributed by atoms with E-state index in [4.69, 9.17) is 13.9 Å². The predicted octanol–water partition coefficient (Wildman–Crippen LogP) is 1.98. The normalized spacial score (nSPS) is 10.7. The number of benzene rings is 1. The second-order valence-electron chi connectivity index (χ2n) is 6.02. The Labute approximate surface area is 165 Å². The summed E-state index contributed by atoms with van der Waals surface area (Å²) in [5, 5.41) is 15.0. The third-order valence-corrected chi connectivity index (χ3v) is 3.90. The second-order valence-corrected chi connectivity index (χ2v) is 6.02. The molecular weight excluding hydrogens is 380 g/mol. The largest absolute Gasteiger partial charge is 0.460 e. The van der Waals surface area contributed by atoms with Gasteiger partial charge in [-0.05, 0) is 29.1 Å². The van der Waals surface area contributed by atoms with Crippen LogP contribution in [0.1, 0.15) is 21.8 Å². The van der Waals surface area contributed by atoms with Crippen LogP contribution in [0.15, 0.2) is 53.4 Å². The van der Waals surface area contributed by atoms with Gasteiger partial charge in [-0.15, -0.1) is 0 Å². The lowest BCUT2D eigenvalue weighted by Gasteiger charge is -2.05. The van der Waals surface area contributed by atoms with Crippen molar-refractivity contribution >= 4 is 11.7 Å². The van der Waals surface area contributed by atoms with Gasteiger partial charge in [-0.1, -0.05) is 22.9 Å². The molecule has 0 aliphatic heterocycles. The zero-order valence-electron chi connectivity index (χ0n) is 15.7. The van der Waals surface area contributed by atoms with Crippen molar-refractivity contribution in [2.24, 2.45) is 0 Å². The van der Waals surface area contributed by atoms with E-state index in [1.54, 1.807) is 31.2 Å². The first-order chi connectivity index (χ1) is 14.0. The molecule has 0 N–H and O–H groups in total. The minimum atomic E-state index is -0.503. The molecule has 10 nitrogen and oxygen atoms in total. The molecule has 29 heavy (non-hydrogen) atoms. The summed E-state index contributed by atoms with van der Waals surface area (Å²) in [6, 6.07) is 10.1. The summed E-state index contributed by atoms with van der Waals surface area (Å²) in [5.74, 6) is 0.471. The number of nitrogens with zero attached hydrogens (tertiary/aromatic N) is 4. The summed E-state index contributed by atoms with van der Waals surface area (Å²) >= 11 is 0. The average molecular weight is 399 g/mol. The first-order valence-corrected chi connectivity index (χ1v) is 8.82. The molecule has 1 aromatic carbocycles. The molecule has 0 aliphatic rings. The van der Waals surface area contributed by atoms with Crippen molar-refractivity contribution in [1.82, 2.24) is 10.1 Å². The lowest BCUT2D eigenvalue weighted by Crippen LogP contribution is -2.34. The molecule has 0 amide bonds. The smallest absolute Gasteiger partial charge is 0.354 e. The van der Waals surface area contributed by atoms with Crippen molar-refractivity contribution in [1.29, 1.82) is 0 Å². The number of carbonyl (C=O) groups excluding carboxylic acids is 1. The van der Waals surface area contributed by atoms with Crippen LogP contribution in [0.4, 0.5) is 5.69 Å². The Morgan fingerprint density at radius 2 is 2.03 bits per heavy atom. The molecule has 0 bridgehead atoms. The fraction of sp³-hybridized carbons (Fsp3) is 0.263. The van der Waals surface area contributed by atoms with Crippen LogP contribution in [0.5, 0.6) is 0 Å². The van der Waals surface area contributed by atoms with E-state index in [1.165, 1.54) is 23.3 Å².